The van der Waals surface area contributed by atoms with Gasteiger partial charge >= 0.3 is 23.3 Å². The Balaban J connectivity index is 5.91. The molecular weight excluding hydrogens is 401 g/mol. The van der Waals surface area contributed by atoms with Gasteiger partial charge in [-0.2, -0.15) is 44.5 Å². The molecule has 0 aliphatic rings. The molecule has 0 aromatic rings. The minimum atomic E-state index is -7.36. The van der Waals surface area contributed by atoms with E-state index < -0.39 is 50.9 Å². The van der Waals surface area contributed by atoms with Crippen molar-refractivity contribution in [3.63, 3.8) is 0 Å². The maximum absolute atomic E-state index is 13.4. The van der Waals surface area contributed by atoms with E-state index in [0.29, 0.717) is 7.05 Å². The number of nitrogens with two attached hydrogens (primary N) is 2. The summed E-state index contributed by atoms with van der Waals surface area (Å²) in [5.74, 6) is -19.1. The average Bonchev–Trinajstić information content (AvgIpc) is 2.35. The molecule has 7 nitrogen and oxygen atoms in total. The van der Waals surface area contributed by atoms with Crippen LogP contribution in [0.4, 0.5) is 39.5 Å². The number of nitrogens with zero attached hydrogens (tertiary/aromatic N) is 2. The van der Waals surface area contributed by atoms with E-state index in [1.54, 1.807) is 0 Å². The van der Waals surface area contributed by atoms with Crippen molar-refractivity contribution < 1.29 is 47.9 Å². The lowest BCUT2D eigenvalue weighted by atomic mass is 10.1. The van der Waals surface area contributed by atoms with E-state index in [0.717, 1.165) is 0 Å². The van der Waals surface area contributed by atoms with E-state index in [4.69, 9.17) is 16.9 Å². The van der Waals surface area contributed by atoms with E-state index in [1.807, 2.05) is 0 Å². The van der Waals surface area contributed by atoms with Gasteiger partial charge in [-0.05, 0) is 0 Å². The first-order valence-corrected chi connectivity index (χ1v) is 7.19. The van der Waals surface area contributed by atoms with E-state index in [1.165, 1.54) is 0 Å². The topological polar surface area (TPSA) is 126 Å². The summed E-state index contributed by atoms with van der Waals surface area (Å²) in [6.07, 6.45) is -7.16. The third-order valence-corrected chi connectivity index (χ3v) is 4.23. The Hall–Kier alpha value is -1.94. The van der Waals surface area contributed by atoms with Gasteiger partial charge in [0, 0.05) is 7.05 Å². The van der Waals surface area contributed by atoms with Crippen LogP contribution in [0.15, 0.2) is 4.99 Å². The molecule has 0 rings (SSSR count). The number of halogens is 9. The Morgan fingerprint density at radius 3 is 1.72 bits per heavy atom. The number of guanidine groups is 2. The Morgan fingerprint density at radius 2 is 1.40 bits per heavy atom. The molecule has 5 N–H and O–H groups in total. The molecule has 0 amide bonds. The van der Waals surface area contributed by atoms with Crippen molar-refractivity contribution >= 4 is 21.8 Å². The molecule has 0 atom stereocenters. The molecule has 0 radical (unpaired) electrons. The van der Waals surface area contributed by atoms with Crippen molar-refractivity contribution in [2.24, 2.45) is 16.5 Å². The number of sulfone groups is 1. The van der Waals surface area contributed by atoms with Gasteiger partial charge in [0.1, 0.15) is 5.88 Å². The number of nitrogens with one attached hydrogen (secondary N) is 1. The summed E-state index contributed by atoms with van der Waals surface area (Å²) in [5, 5.41) is 0.199. The van der Waals surface area contributed by atoms with E-state index >= 15 is 0 Å². The molecule has 0 aliphatic heterocycles. The molecule has 0 bridgehead atoms. The van der Waals surface area contributed by atoms with E-state index in [2.05, 4.69) is 4.99 Å². The zero-order valence-electron chi connectivity index (χ0n) is 11.9. The molecule has 0 unspecified atom stereocenters. The zero-order chi connectivity index (χ0) is 20.6. The van der Waals surface area contributed by atoms with Gasteiger partial charge in [0.25, 0.3) is 0 Å². The number of hydrogen-bond acceptors (Lipinski definition) is 3. The van der Waals surface area contributed by atoms with Crippen LogP contribution in [0.5, 0.6) is 0 Å². The lowest BCUT2D eigenvalue weighted by Crippen LogP contribution is -2.64. The van der Waals surface area contributed by atoms with Gasteiger partial charge < -0.3 is 16.4 Å². The van der Waals surface area contributed by atoms with Crippen LogP contribution in [0.25, 0.3) is 0 Å². The second-order valence-corrected chi connectivity index (χ2v) is 6.47. The van der Waals surface area contributed by atoms with Crippen LogP contribution in [0, 0.1) is 5.41 Å². The molecule has 148 valence electrons. The van der Waals surface area contributed by atoms with Crippen LogP contribution in [0.2, 0.25) is 0 Å². The summed E-state index contributed by atoms with van der Waals surface area (Å²) in [7, 11) is -6.17. The van der Waals surface area contributed by atoms with Gasteiger partial charge in [0.15, 0.2) is 5.96 Å². The summed E-state index contributed by atoms with van der Waals surface area (Å²) >= 11 is 0. The minimum absolute atomic E-state index is 0.106. The largest absolute Gasteiger partial charge is 0.460 e. The van der Waals surface area contributed by atoms with Crippen molar-refractivity contribution in [2.45, 2.75) is 23.3 Å². The summed E-state index contributed by atoms with van der Waals surface area (Å²) in [5.41, 5.74) is 9.55. The predicted octanol–water partition coefficient (Wildman–Crippen LogP) is 0.924. The SMILES string of the molecule is CN(CS(=O)(=O)C(F)(F)C(F)(F)C(F)(F)C(F)(F)F)C(=N)N=C(N)N. The van der Waals surface area contributed by atoms with Crippen LogP contribution in [0.3, 0.4) is 0 Å². The number of aliphatic imine (C=N–C) groups is 1. The number of rotatable bonds is 5. The minimum Gasteiger partial charge on any atom is -0.370 e. The fourth-order valence-electron chi connectivity index (χ4n) is 1.16. The maximum Gasteiger partial charge on any atom is 0.460 e. The highest BCUT2D eigenvalue weighted by atomic mass is 32.2. The van der Waals surface area contributed by atoms with Crippen molar-refractivity contribution in [1.29, 1.82) is 5.41 Å². The average molecular weight is 411 g/mol. The first kappa shape index (κ1) is 23.1. The maximum atomic E-state index is 13.4. The molecule has 0 aliphatic carbocycles. The molecule has 17 heteroatoms. The number of alkyl halides is 9. The first-order valence-electron chi connectivity index (χ1n) is 5.54. The van der Waals surface area contributed by atoms with Crippen LogP contribution in [0.1, 0.15) is 0 Å². The van der Waals surface area contributed by atoms with Crippen LogP contribution >= 0.6 is 0 Å². The molecule has 0 fully saturated rings. The van der Waals surface area contributed by atoms with Crippen molar-refractivity contribution in [3.8, 4) is 0 Å². The Kier molecular flexibility index (Phi) is 5.92. The van der Waals surface area contributed by atoms with Crippen molar-refractivity contribution in [2.75, 3.05) is 12.9 Å². The lowest BCUT2D eigenvalue weighted by molar-refractivity contribution is -0.382. The molecule has 0 spiro atoms. The second-order valence-electron chi connectivity index (χ2n) is 4.47. The summed E-state index contributed by atoms with van der Waals surface area (Å²) in [4.78, 5) is 2.74. The molecule has 25 heavy (non-hydrogen) atoms. The van der Waals surface area contributed by atoms with Crippen LogP contribution < -0.4 is 11.5 Å². The second kappa shape index (κ2) is 6.41. The summed E-state index contributed by atoms with van der Waals surface area (Å²) in [6, 6.07) is 0. The van der Waals surface area contributed by atoms with E-state index in [9.17, 15) is 47.9 Å². The summed E-state index contributed by atoms with van der Waals surface area (Å²) in [6.45, 7) is 0. The third-order valence-electron chi connectivity index (χ3n) is 2.47. The highest BCUT2D eigenvalue weighted by Gasteiger charge is 2.85. The summed E-state index contributed by atoms with van der Waals surface area (Å²) < 4.78 is 137. The molecule has 0 saturated carbocycles. The number of hydrogen-bond donors (Lipinski definition) is 3. The van der Waals surface area contributed by atoms with Gasteiger partial charge in [-0.3, -0.25) is 5.41 Å². The standard InChI is InChI=1S/C8H10F9N5O2S/c1-22(4(20)21-3(18)19)2-25(23,24)8(16,17)6(11,12)5(9,10)7(13,14)15/h2H2,1H3,(H5,18,19,20,21). The van der Waals surface area contributed by atoms with Gasteiger partial charge in [-0.25, -0.2) is 8.42 Å². The quantitative estimate of drug-likeness (QED) is 0.353. The van der Waals surface area contributed by atoms with Gasteiger partial charge in [0.2, 0.25) is 15.8 Å². The Bertz CT molecular complexity index is 653. The molecule has 0 saturated heterocycles. The van der Waals surface area contributed by atoms with Crippen molar-refractivity contribution in [3.05, 3.63) is 0 Å². The molecule has 0 aromatic heterocycles. The van der Waals surface area contributed by atoms with E-state index in [-0.39, 0.29) is 4.90 Å². The highest BCUT2D eigenvalue weighted by molar-refractivity contribution is 7.92. The molecule has 0 heterocycles. The smallest absolute Gasteiger partial charge is 0.370 e. The lowest BCUT2D eigenvalue weighted by Gasteiger charge is -2.33. The highest BCUT2D eigenvalue weighted by Crippen LogP contribution is 2.54. The fourth-order valence-corrected chi connectivity index (χ4v) is 2.47. The van der Waals surface area contributed by atoms with Crippen LogP contribution in [-0.4, -0.2) is 61.4 Å². The predicted molar refractivity (Wildman–Crippen MR) is 66.0 cm³/mol. The van der Waals surface area contributed by atoms with Gasteiger partial charge in [-0.15, -0.1) is 0 Å². The van der Waals surface area contributed by atoms with Crippen LogP contribution in [-0.2, 0) is 9.84 Å². The Labute approximate surface area is 133 Å². The zero-order valence-corrected chi connectivity index (χ0v) is 12.7. The third kappa shape index (κ3) is 4.01. The first-order chi connectivity index (χ1) is 10.7. The molecular formula is C8H10F9N5O2S. The van der Waals surface area contributed by atoms with Gasteiger partial charge in [0.05, 0.1) is 0 Å². The van der Waals surface area contributed by atoms with Crippen molar-refractivity contribution in [1.82, 2.24) is 4.90 Å². The molecule has 0 aromatic carbocycles. The Morgan fingerprint density at radius 1 is 1.00 bits per heavy atom. The fraction of sp³-hybridized carbons (Fsp3) is 0.750. The monoisotopic (exact) mass is 411 g/mol. The normalized spacial score (nSPS) is 14.2. The van der Waals surface area contributed by atoms with Gasteiger partial charge in [-0.1, -0.05) is 0 Å².